The fourth-order valence-electron chi connectivity index (χ4n) is 3.48. The first-order valence-electron chi connectivity index (χ1n) is 9.55. The van der Waals surface area contributed by atoms with Crippen LogP contribution in [-0.2, 0) is 17.8 Å². The summed E-state index contributed by atoms with van der Waals surface area (Å²) in [4.78, 5) is 29.0. The number of carbonyl (C=O) groups is 2. The second-order valence-electron chi connectivity index (χ2n) is 7.05. The molecule has 2 heterocycles. The summed E-state index contributed by atoms with van der Waals surface area (Å²) >= 11 is 0. The largest absolute Gasteiger partial charge is 0.391 e. The number of rotatable bonds is 7. The van der Waals surface area contributed by atoms with Crippen molar-refractivity contribution in [2.45, 2.75) is 51.8 Å². The average Bonchev–Trinajstić information content (AvgIpc) is 3.28. The minimum absolute atomic E-state index is 0.118. The Labute approximate surface area is 163 Å². The maximum atomic E-state index is 12.4. The highest BCUT2D eigenvalue weighted by Crippen LogP contribution is 2.26. The number of amides is 2. The lowest BCUT2D eigenvalue weighted by Crippen LogP contribution is -2.40. The number of aromatic nitrogens is 4. The van der Waals surface area contributed by atoms with E-state index in [1.54, 1.807) is 18.5 Å². The van der Waals surface area contributed by atoms with Crippen LogP contribution in [0.5, 0.6) is 0 Å². The van der Waals surface area contributed by atoms with Crippen molar-refractivity contribution in [1.82, 2.24) is 30.4 Å². The van der Waals surface area contributed by atoms with Crippen molar-refractivity contribution in [2.75, 3.05) is 6.54 Å². The molecule has 3 atom stereocenters. The molecule has 2 amide bonds. The first-order valence-corrected chi connectivity index (χ1v) is 9.55. The maximum Gasteiger partial charge on any atom is 0.270 e. The molecule has 2 aromatic rings. The van der Waals surface area contributed by atoms with Gasteiger partial charge in [0.15, 0.2) is 0 Å². The quantitative estimate of drug-likeness (QED) is 0.626. The number of nitrogens with zero attached hydrogens (tertiary/aromatic N) is 4. The molecule has 1 aliphatic rings. The Hall–Kier alpha value is -2.81. The minimum Gasteiger partial charge on any atom is -0.391 e. The van der Waals surface area contributed by atoms with Crippen LogP contribution in [0.2, 0.25) is 0 Å². The van der Waals surface area contributed by atoms with Crippen LogP contribution in [-0.4, -0.2) is 55.4 Å². The molecule has 1 aliphatic carbocycles. The second-order valence-corrected chi connectivity index (χ2v) is 7.05. The maximum absolute atomic E-state index is 12.4. The van der Waals surface area contributed by atoms with Gasteiger partial charge in [0, 0.05) is 31.1 Å². The van der Waals surface area contributed by atoms with Crippen LogP contribution < -0.4 is 10.6 Å². The van der Waals surface area contributed by atoms with Crippen molar-refractivity contribution in [2.24, 2.45) is 5.92 Å². The van der Waals surface area contributed by atoms with Crippen LogP contribution in [0.15, 0.2) is 24.5 Å². The summed E-state index contributed by atoms with van der Waals surface area (Å²) in [7, 11) is 0. The number of nitrogens with one attached hydrogen (secondary N) is 2. The molecule has 2 aromatic heterocycles. The summed E-state index contributed by atoms with van der Waals surface area (Å²) in [5.41, 5.74) is 1.05. The summed E-state index contributed by atoms with van der Waals surface area (Å²) in [6.07, 6.45) is 2.22. The van der Waals surface area contributed by atoms with Gasteiger partial charge in [-0.1, -0.05) is 6.07 Å². The molecule has 0 saturated heterocycles. The van der Waals surface area contributed by atoms with Gasteiger partial charge in [0.2, 0.25) is 5.91 Å². The van der Waals surface area contributed by atoms with Gasteiger partial charge < -0.3 is 20.3 Å². The zero-order chi connectivity index (χ0) is 20.1. The highest BCUT2D eigenvalue weighted by Gasteiger charge is 2.37. The van der Waals surface area contributed by atoms with Gasteiger partial charge in [0.1, 0.15) is 17.8 Å². The smallest absolute Gasteiger partial charge is 0.270 e. The van der Waals surface area contributed by atoms with Crippen molar-refractivity contribution >= 4 is 11.8 Å². The van der Waals surface area contributed by atoms with E-state index in [1.807, 2.05) is 24.5 Å². The van der Waals surface area contributed by atoms with E-state index in [2.05, 4.69) is 25.8 Å². The van der Waals surface area contributed by atoms with Gasteiger partial charge >= 0.3 is 0 Å². The molecule has 150 valence electrons. The number of pyridine rings is 1. The molecule has 3 rings (SSSR count). The Balaban J connectivity index is 1.48. The van der Waals surface area contributed by atoms with Crippen LogP contribution in [0.25, 0.3) is 0 Å². The van der Waals surface area contributed by atoms with Gasteiger partial charge in [-0.15, -0.1) is 10.2 Å². The number of aliphatic hydroxyl groups excluding tert-OH is 1. The molecule has 9 heteroatoms. The van der Waals surface area contributed by atoms with E-state index >= 15 is 0 Å². The molecule has 0 bridgehead atoms. The number of hydrogen-bond acceptors (Lipinski definition) is 6. The summed E-state index contributed by atoms with van der Waals surface area (Å²) in [6, 6.07) is 4.74. The molecule has 3 N–H and O–H groups in total. The fraction of sp³-hybridized carbons (Fsp3) is 0.526. The molecule has 0 aliphatic heterocycles. The second kappa shape index (κ2) is 8.92. The Morgan fingerprint density at radius 3 is 2.89 bits per heavy atom. The van der Waals surface area contributed by atoms with Crippen LogP contribution >= 0.6 is 0 Å². The third-order valence-corrected chi connectivity index (χ3v) is 5.02. The van der Waals surface area contributed by atoms with E-state index < -0.39 is 12.1 Å². The molecule has 0 unspecified atom stereocenters. The lowest BCUT2D eigenvalue weighted by molar-refractivity contribution is -0.125. The van der Waals surface area contributed by atoms with Gasteiger partial charge in [-0.3, -0.25) is 9.59 Å². The summed E-state index contributed by atoms with van der Waals surface area (Å²) in [5, 5.41) is 23.9. The number of aliphatic hydroxyl groups is 1. The predicted octanol–water partition coefficient (Wildman–Crippen LogP) is 0.230. The van der Waals surface area contributed by atoms with Gasteiger partial charge in [-0.05, 0) is 38.8 Å². The molecule has 0 aromatic carbocycles. The van der Waals surface area contributed by atoms with E-state index in [4.69, 9.17) is 0 Å². The number of carbonyl (C=O) groups excluding carboxylic acids is 2. The summed E-state index contributed by atoms with van der Waals surface area (Å²) in [6.45, 7) is 5.05. The molecule has 1 fully saturated rings. The van der Waals surface area contributed by atoms with E-state index in [9.17, 15) is 14.7 Å². The Morgan fingerprint density at radius 1 is 1.32 bits per heavy atom. The molecule has 0 spiro atoms. The van der Waals surface area contributed by atoms with Crippen molar-refractivity contribution in [3.8, 4) is 0 Å². The topological polar surface area (TPSA) is 122 Å². The fourth-order valence-corrected chi connectivity index (χ4v) is 3.48. The SMILES string of the molecule is CCn1cnnc1CCNC(=O)[C@@H]1C[C@@H](O)[C@H](NC(=O)c2cccc(C)n2)C1. The Kier molecular flexibility index (Phi) is 6.35. The molecule has 1 saturated carbocycles. The summed E-state index contributed by atoms with van der Waals surface area (Å²) < 4.78 is 1.93. The average molecular weight is 386 g/mol. The summed E-state index contributed by atoms with van der Waals surface area (Å²) in [5.74, 6) is 0.0274. The van der Waals surface area contributed by atoms with Crippen LogP contribution in [0.1, 0.15) is 41.8 Å². The lowest BCUT2D eigenvalue weighted by Gasteiger charge is -2.16. The van der Waals surface area contributed by atoms with Gasteiger partial charge in [-0.25, -0.2) is 4.98 Å². The van der Waals surface area contributed by atoms with Crippen molar-refractivity contribution in [3.05, 3.63) is 41.7 Å². The Morgan fingerprint density at radius 2 is 2.14 bits per heavy atom. The van der Waals surface area contributed by atoms with E-state index in [-0.39, 0.29) is 17.7 Å². The highest BCUT2D eigenvalue weighted by atomic mass is 16.3. The molecular weight excluding hydrogens is 360 g/mol. The molecule has 28 heavy (non-hydrogen) atoms. The van der Waals surface area contributed by atoms with Crippen molar-refractivity contribution in [1.29, 1.82) is 0 Å². The number of hydrogen-bond donors (Lipinski definition) is 3. The molecule has 9 nitrogen and oxygen atoms in total. The van der Waals surface area contributed by atoms with Gasteiger partial charge in [0.25, 0.3) is 5.91 Å². The zero-order valence-corrected chi connectivity index (χ0v) is 16.1. The van der Waals surface area contributed by atoms with E-state index in [0.29, 0.717) is 31.5 Å². The van der Waals surface area contributed by atoms with Crippen LogP contribution in [0.4, 0.5) is 0 Å². The Bertz CT molecular complexity index is 837. The van der Waals surface area contributed by atoms with Crippen molar-refractivity contribution in [3.63, 3.8) is 0 Å². The molecular formula is C19H26N6O3. The predicted molar refractivity (Wildman–Crippen MR) is 101 cm³/mol. The van der Waals surface area contributed by atoms with E-state index in [0.717, 1.165) is 18.1 Å². The van der Waals surface area contributed by atoms with Gasteiger partial charge in [-0.2, -0.15) is 0 Å². The third-order valence-electron chi connectivity index (χ3n) is 5.02. The minimum atomic E-state index is -0.757. The first kappa shape index (κ1) is 19.9. The monoisotopic (exact) mass is 386 g/mol. The highest BCUT2D eigenvalue weighted by molar-refractivity contribution is 5.92. The standard InChI is InChI=1S/C19H26N6O3/c1-3-25-11-21-24-17(25)7-8-20-18(27)13-9-15(16(26)10-13)23-19(28)14-6-4-5-12(2)22-14/h4-6,11,13,15-16,26H,3,7-10H2,1-2H3,(H,20,27)(H,23,28)/t13-,15+,16+/m0/s1. The number of aryl methyl sites for hydroxylation is 2. The van der Waals surface area contributed by atoms with Gasteiger partial charge in [0.05, 0.1) is 12.1 Å². The first-order chi connectivity index (χ1) is 13.5. The third kappa shape index (κ3) is 4.72. The van der Waals surface area contributed by atoms with E-state index in [1.165, 1.54) is 0 Å². The normalized spacial score (nSPS) is 21.5. The van der Waals surface area contributed by atoms with Crippen LogP contribution in [0.3, 0.4) is 0 Å². The zero-order valence-electron chi connectivity index (χ0n) is 16.1. The van der Waals surface area contributed by atoms with Crippen molar-refractivity contribution < 1.29 is 14.7 Å². The van der Waals surface area contributed by atoms with Crippen LogP contribution in [0, 0.1) is 12.8 Å². The molecule has 0 radical (unpaired) electrons. The lowest BCUT2D eigenvalue weighted by atomic mass is 10.1.